The number of para-hydroxylation sites is 1. The van der Waals surface area contributed by atoms with Crippen LogP contribution in [0, 0.1) is 0 Å². The quantitative estimate of drug-likeness (QED) is 0.777. The Morgan fingerprint density at radius 1 is 1.05 bits per heavy atom. The molecule has 1 aromatic rings. The van der Waals surface area contributed by atoms with Crippen molar-refractivity contribution in [2.24, 2.45) is 0 Å². The zero-order chi connectivity index (χ0) is 12.5. The van der Waals surface area contributed by atoms with Crippen LogP contribution in [0.4, 0.5) is 0 Å². The van der Waals surface area contributed by atoms with Crippen molar-refractivity contribution in [3.05, 3.63) is 30.3 Å². The van der Waals surface area contributed by atoms with Crippen molar-refractivity contribution >= 4 is 24.8 Å². The summed E-state index contributed by atoms with van der Waals surface area (Å²) in [6.45, 7) is 7.57. The molecule has 0 atom stereocenters. The van der Waals surface area contributed by atoms with E-state index in [1.54, 1.807) is 0 Å². The third-order valence-electron chi connectivity index (χ3n) is 3.00. The molecule has 0 saturated carbocycles. The molecule has 20 heavy (non-hydrogen) atoms. The van der Waals surface area contributed by atoms with Gasteiger partial charge in [-0.1, -0.05) is 18.2 Å². The lowest BCUT2D eigenvalue weighted by Gasteiger charge is -2.26. The van der Waals surface area contributed by atoms with Crippen molar-refractivity contribution in [1.82, 2.24) is 10.2 Å². The Morgan fingerprint density at radius 2 is 1.75 bits per heavy atom. The Kier molecular flexibility index (Phi) is 11.9. The van der Waals surface area contributed by atoms with Crippen LogP contribution in [0.15, 0.2) is 30.3 Å². The fraction of sp³-hybridized carbons (Fsp3) is 0.571. The average Bonchev–Trinajstić information content (AvgIpc) is 2.45. The van der Waals surface area contributed by atoms with E-state index in [1.807, 2.05) is 30.3 Å². The van der Waals surface area contributed by atoms with Gasteiger partial charge in [0.05, 0.1) is 13.2 Å². The minimum absolute atomic E-state index is 0. The maximum atomic E-state index is 5.60. The number of nitrogens with one attached hydrogen (secondary N) is 1. The number of benzene rings is 1. The van der Waals surface area contributed by atoms with E-state index in [4.69, 9.17) is 9.47 Å². The highest BCUT2D eigenvalue weighted by molar-refractivity contribution is 5.85. The van der Waals surface area contributed by atoms with Crippen LogP contribution in [0.3, 0.4) is 0 Å². The number of halogens is 2. The van der Waals surface area contributed by atoms with Gasteiger partial charge in [0.1, 0.15) is 12.4 Å². The molecule has 4 nitrogen and oxygen atoms in total. The Morgan fingerprint density at radius 3 is 2.45 bits per heavy atom. The zero-order valence-electron chi connectivity index (χ0n) is 11.6. The van der Waals surface area contributed by atoms with Gasteiger partial charge in [0.15, 0.2) is 0 Å². The van der Waals surface area contributed by atoms with E-state index in [9.17, 15) is 0 Å². The lowest BCUT2D eigenvalue weighted by atomic mass is 10.3. The topological polar surface area (TPSA) is 33.7 Å². The average molecular weight is 323 g/mol. The van der Waals surface area contributed by atoms with Gasteiger partial charge >= 0.3 is 0 Å². The van der Waals surface area contributed by atoms with Crippen LogP contribution in [0.2, 0.25) is 0 Å². The van der Waals surface area contributed by atoms with Crippen LogP contribution >= 0.6 is 24.8 Å². The van der Waals surface area contributed by atoms with Crippen molar-refractivity contribution in [2.45, 2.75) is 0 Å². The Hall–Kier alpha value is -0.520. The molecule has 0 unspecified atom stereocenters. The molecule has 6 heteroatoms. The first-order valence-corrected chi connectivity index (χ1v) is 6.64. The summed E-state index contributed by atoms with van der Waals surface area (Å²) in [5.74, 6) is 0.937. The molecule has 1 fully saturated rings. The van der Waals surface area contributed by atoms with Crippen LogP contribution in [0.25, 0.3) is 0 Å². The van der Waals surface area contributed by atoms with Crippen LogP contribution in [-0.4, -0.2) is 57.4 Å². The second kappa shape index (κ2) is 12.2. The summed E-state index contributed by atoms with van der Waals surface area (Å²) in [6, 6.07) is 9.93. The monoisotopic (exact) mass is 322 g/mol. The van der Waals surface area contributed by atoms with Gasteiger partial charge in [-0.25, -0.2) is 0 Å². The molecule has 0 bridgehead atoms. The first-order valence-electron chi connectivity index (χ1n) is 6.64. The molecule has 0 aliphatic carbocycles. The fourth-order valence-electron chi connectivity index (χ4n) is 1.94. The Balaban J connectivity index is 0.00000180. The standard InChI is InChI=1S/C14H22N2O2.2ClH/c1-2-4-14(5-3-1)18-11-7-15-6-8-16-9-12-17-13-10-16;;/h1-5,15H,6-13H2;2*1H. The molecule has 1 heterocycles. The smallest absolute Gasteiger partial charge is 0.119 e. The van der Waals surface area contributed by atoms with Crippen LogP contribution < -0.4 is 10.1 Å². The highest BCUT2D eigenvalue weighted by Gasteiger charge is 2.08. The van der Waals surface area contributed by atoms with E-state index in [0.29, 0.717) is 6.61 Å². The summed E-state index contributed by atoms with van der Waals surface area (Å²) < 4.78 is 10.9. The lowest BCUT2D eigenvalue weighted by Crippen LogP contribution is -2.40. The number of hydrogen-bond donors (Lipinski definition) is 1. The van der Waals surface area contributed by atoms with Gasteiger partial charge in [0.2, 0.25) is 0 Å². The summed E-state index contributed by atoms with van der Waals surface area (Å²) in [4.78, 5) is 2.43. The minimum Gasteiger partial charge on any atom is -0.492 e. The predicted molar refractivity (Wildman–Crippen MR) is 86.6 cm³/mol. The molecule has 1 aromatic carbocycles. The van der Waals surface area contributed by atoms with E-state index in [2.05, 4.69) is 10.2 Å². The van der Waals surface area contributed by atoms with E-state index < -0.39 is 0 Å². The molecule has 1 aliphatic rings. The molecule has 116 valence electrons. The number of ether oxygens (including phenoxy) is 2. The molecular weight excluding hydrogens is 299 g/mol. The van der Waals surface area contributed by atoms with E-state index in [0.717, 1.165) is 51.7 Å². The van der Waals surface area contributed by atoms with E-state index >= 15 is 0 Å². The highest BCUT2D eigenvalue weighted by Crippen LogP contribution is 2.07. The van der Waals surface area contributed by atoms with Gasteiger partial charge < -0.3 is 14.8 Å². The number of hydrogen-bond acceptors (Lipinski definition) is 4. The van der Waals surface area contributed by atoms with Crippen molar-refractivity contribution in [2.75, 3.05) is 52.5 Å². The largest absolute Gasteiger partial charge is 0.492 e. The number of nitrogens with zero attached hydrogens (tertiary/aromatic N) is 1. The van der Waals surface area contributed by atoms with Gasteiger partial charge in [0.25, 0.3) is 0 Å². The van der Waals surface area contributed by atoms with Crippen molar-refractivity contribution in [1.29, 1.82) is 0 Å². The number of rotatable bonds is 7. The molecule has 1 saturated heterocycles. The van der Waals surface area contributed by atoms with Crippen LogP contribution in [-0.2, 0) is 4.74 Å². The summed E-state index contributed by atoms with van der Waals surface area (Å²) in [5.41, 5.74) is 0. The first-order chi connectivity index (χ1) is 8.95. The minimum atomic E-state index is 0. The predicted octanol–water partition coefficient (Wildman–Crippen LogP) is 1.83. The summed E-state index contributed by atoms with van der Waals surface area (Å²) in [7, 11) is 0. The molecule has 2 rings (SSSR count). The molecule has 0 aromatic heterocycles. The third kappa shape index (κ3) is 7.92. The van der Waals surface area contributed by atoms with Crippen LogP contribution in [0.1, 0.15) is 0 Å². The van der Waals surface area contributed by atoms with Crippen molar-refractivity contribution < 1.29 is 9.47 Å². The molecule has 0 spiro atoms. The van der Waals surface area contributed by atoms with E-state index in [1.165, 1.54) is 0 Å². The SMILES string of the molecule is Cl.Cl.c1ccc(OCCNCCN2CCOCC2)cc1. The van der Waals surface area contributed by atoms with Gasteiger partial charge in [-0.15, -0.1) is 24.8 Å². The maximum absolute atomic E-state index is 5.60. The van der Waals surface area contributed by atoms with Gasteiger partial charge in [-0.2, -0.15) is 0 Å². The zero-order valence-corrected chi connectivity index (χ0v) is 13.3. The van der Waals surface area contributed by atoms with Crippen LogP contribution in [0.5, 0.6) is 5.75 Å². The third-order valence-corrected chi connectivity index (χ3v) is 3.00. The maximum Gasteiger partial charge on any atom is 0.119 e. The second-order valence-electron chi connectivity index (χ2n) is 4.37. The summed E-state index contributed by atoms with van der Waals surface area (Å²) >= 11 is 0. The normalized spacial score (nSPS) is 15.0. The van der Waals surface area contributed by atoms with Gasteiger partial charge in [-0.3, -0.25) is 4.90 Å². The summed E-state index contributed by atoms with van der Waals surface area (Å²) in [5, 5.41) is 3.40. The van der Waals surface area contributed by atoms with Crippen molar-refractivity contribution in [3.8, 4) is 5.75 Å². The Bertz CT molecular complexity index is 322. The van der Waals surface area contributed by atoms with E-state index in [-0.39, 0.29) is 24.8 Å². The van der Waals surface area contributed by atoms with Gasteiger partial charge in [-0.05, 0) is 12.1 Å². The molecular formula is C14H24Cl2N2O2. The molecule has 0 radical (unpaired) electrons. The highest BCUT2D eigenvalue weighted by atomic mass is 35.5. The second-order valence-corrected chi connectivity index (χ2v) is 4.37. The fourth-order valence-corrected chi connectivity index (χ4v) is 1.94. The first kappa shape index (κ1) is 19.5. The van der Waals surface area contributed by atoms with Crippen molar-refractivity contribution in [3.63, 3.8) is 0 Å². The molecule has 0 amide bonds. The van der Waals surface area contributed by atoms with Gasteiger partial charge in [0, 0.05) is 32.7 Å². The Labute approximate surface area is 133 Å². The molecule has 1 N–H and O–H groups in total. The molecule has 1 aliphatic heterocycles. The summed E-state index contributed by atoms with van der Waals surface area (Å²) in [6.07, 6.45) is 0. The lowest BCUT2D eigenvalue weighted by molar-refractivity contribution is 0.0383. The number of morpholine rings is 1.